The molecule has 0 saturated carbocycles. The number of aromatic nitrogens is 1. The van der Waals surface area contributed by atoms with Gasteiger partial charge in [0.05, 0.1) is 0 Å². The Labute approximate surface area is 87.1 Å². The van der Waals surface area contributed by atoms with E-state index in [0.29, 0.717) is 0 Å². The highest BCUT2D eigenvalue weighted by atomic mass is 14.9. The molecule has 1 aromatic heterocycles. The Morgan fingerprint density at radius 3 is 2.43 bits per heavy atom. The molecule has 0 N–H and O–H groups in total. The maximum Gasteiger partial charge on any atom is 0.116 e. The van der Waals surface area contributed by atoms with Crippen LogP contribution in [0.3, 0.4) is 0 Å². The number of hydrogen-bond acceptors (Lipinski definition) is 0. The zero-order valence-electron chi connectivity index (χ0n) is 9.33. The molecule has 1 nitrogen and oxygen atoms in total. The van der Waals surface area contributed by atoms with Crippen LogP contribution in [0.25, 0.3) is 10.9 Å². The smallest absolute Gasteiger partial charge is 0.116 e. The van der Waals surface area contributed by atoms with Crippen LogP contribution in [0.2, 0.25) is 0 Å². The lowest BCUT2D eigenvalue weighted by molar-refractivity contribution is 0.967. The summed E-state index contributed by atoms with van der Waals surface area (Å²) in [6, 6.07) is 6.02. The molecule has 0 spiro atoms. The largest absolute Gasteiger partial charge is 0.351 e. The van der Waals surface area contributed by atoms with Crippen molar-refractivity contribution in [3.63, 3.8) is 0 Å². The minimum absolute atomic E-state index is 0.850. The highest BCUT2D eigenvalue weighted by Crippen LogP contribution is 2.16. The molecule has 14 heavy (non-hydrogen) atoms. The van der Waals surface area contributed by atoms with E-state index in [0.717, 1.165) is 11.0 Å². The summed E-state index contributed by atoms with van der Waals surface area (Å²) in [5, 5.41) is 1.25. The summed E-state index contributed by atoms with van der Waals surface area (Å²) in [7, 11) is 7.87. The van der Waals surface area contributed by atoms with Gasteiger partial charge in [-0.1, -0.05) is 37.5 Å². The number of benzene rings is 1. The molecule has 2 radical (unpaired) electrons. The predicted molar refractivity (Wildman–Crippen MR) is 64.4 cm³/mol. The Hall–Kier alpha value is -1.18. The molecule has 2 aromatic rings. The summed E-state index contributed by atoms with van der Waals surface area (Å²) >= 11 is 0. The fourth-order valence-corrected chi connectivity index (χ4v) is 1.70. The summed E-state index contributed by atoms with van der Waals surface area (Å²) in [6.07, 6.45) is 2.10. The van der Waals surface area contributed by atoms with Crippen molar-refractivity contribution in [2.45, 2.75) is 20.8 Å². The Balaban J connectivity index is 0.000000461. The first-order valence-corrected chi connectivity index (χ1v) is 5.00. The maximum atomic E-state index is 5.85. The average Bonchev–Trinajstić information content (AvgIpc) is 2.47. The van der Waals surface area contributed by atoms with Crippen LogP contribution >= 0.6 is 0 Å². The van der Waals surface area contributed by atoms with Crippen molar-refractivity contribution in [3.8, 4) is 0 Å². The normalized spacial score (nSPS) is 9.71. The van der Waals surface area contributed by atoms with Gasteiger partial charge in [-0.25, -0.2) is 0 Å². The van der Waals surface area contributed by atoms with Crippen molar-refractivity contribution in [1.29, 1.82) is 0 Å². The lowest BCUT2D eigenvalue weighted by atomic mass is 9.93. The number of nitrogens with zero attached hydrogens (tertiary/aromatic N) is 1. The van der Waals surface area contributed by atoms with Gasteiger partial charge in [-0.05, 0) is 12.5 Å². The molecule has 0 bridgehead atoms. The molecule has 2 heteroatoms. The van der Waals surface area contributed by atoms with Crippen LogP contribution < -0.4 is 5.46 Å². The van der Waals surface area contributed by atoms with Crippen molar-refractivity contribution < 1.29 is 0 Å². The summed E-state index contributed by atoms with van der Waals surface area (Å²) in [5.74, 6) is 0. The van der Waals surface area contributed by atoms with Gasteiger partial charge in [-0.3, -0.25) is 0 Å². The highest BCUT2D eigenvalue weighted by Gasteiger charge is 2.02. The van der Waals surface area contributed by atoms with Crippen molar-refractivity contribution in [1.82, 2.24) is 4.57 Å². The molecule has 1 heterocycles. The quantitative estimate of drug-likeness (QED) is 0.555. The second-order valence-corrected chi connectivity index (χ2v) is 3.17. The zero-order valence-corrected chi connectivity index (χ0v) is 9.33. The van der Waals surface area contributed by atoms with Gasteiger partial charge in [0, 0.05) is 24.1 Å². The van der Waals surface area contributed by atoms with Gasteiger partial charge in [-0.15, -0.1) is 0 Å². The summed E-state index contributed by atoms with van der Waals surface area (Å²) in [6.45, 7) is 6.10. The van der Waals surface area contributed by atoms with Gasteiger partial charge in [0.25, 0.3) is 0 Å². The number of aryl methyl sites for hydroxylation is 2. The molecule has 0 aliphatic carbocycles. The van der Waals surface area contributed by atoms with Gasteiger partial charge < -0.3 is 4.57 Å². The Bertz CT molecular complexity index is 429. The summed E-state index contributed by atoms with van der Waals surface area (Å²) in [4.78, 5) is 0. The zero-order chi connectivity index (χ0) is 10.7. The third kappa shape index (κ3) is 1.70. The van der Waals surface area contributed by atoms with E-state index in [1.54, 1.807) is 0 Å². The van der Waals surface area contributed by atoms with E-state index in [1.165, 1.54) is 10.9 Å². The number of para-hydroxylation sites is 1. The molecule has 0 aliphatic rings. The molecule has 1 aromatic carbocycles. The van der Waals surface area contributed by atoms with Gasteiger partial charge in [0.15, 0.2) is 0 Å². The van der Waals surface area contributed by atoms with Gasteiger partial charge in [-0.2, -0.15) is 0 Å². The number of fused-ring (bicyclic) bond motifs is 1. The standard InChI is InChI=1S/C10H10BN.C2H6/c1-7-6-12(2)10-8(7)4-3-5-9(10)11;1-2/h3-6H,1-2H3;1-2H3. The predicted octanol–water partition coefficient (Wildman–Crippen LogP) is 2.31. The molecule has 0 unspecified atom stereocenters. The second-order valence-electron chi connectivity index (χ2n) is 3.17. The molecule has 0 amide bonds. The van der Waals surface area contributed by atoms with Crippen LogP contribution in [0.4, 0.5) is 0 Å². The Morgan fingerprint density at radius 2 is 1.86 bits per heavy atom. The van der Waals surface area contributed by atoms with E-state index >= 15 is 0 Å². The molecule has 0 saturated heterocycles. The van der Waals surface area contributed by atoms with Crippen molar-refractivity contribution in [3.05, 3.63) is 30.0 Å². The van der Waals surface area contributed by atoms with E-state index in [-0.39, 0.29) is 0 Å². The van der Waals surface area contributed by atoms with E-state index in [1.807, 2.05) is 33.0 Å². The van der Waals surface area contributed by atoms with Crippen molar-refractivity contribution in [2.75, 3.05) is 0 Å². The third-order valence-corrected chi connectivity index (χ3v) is 2.23. The summed E-state index contributed by atoms with van der Waals surface area (Å²) in [5.41, 5.74) is 3.26. The average molecular weight is 185 g/mol. The van der Waals surface area contributed by atoms with Crippen molar-refractivity contribution >= 4 is 24.2 Å². The number of rotatable bonds is 0. The van der Waals surface area contributed by atoms with E-state index < -0.39 is 0 Å². The van der Waals surface area contributed by atoms with Crippen LogP contribution in [0.15, 0.2) is 24.4 Å². The second kappa shape index (κ2) is 4.36. The fourth-order valence-electron chi connectivity index (χ4n) is 1.70. The minimum Gasteiger partial charge on any atom is -0.351 e. The van der Waals surface area contributed by atoms with Gasteiger partial charge >= 0.3 is 0 Å². The molecule has 0 fully saturated rings. The molecular weight excluding hydrogens is 169 g/mol. The van der Waals surface area contributed by atoms with Crippen LogP contribution in [0, 0.1) is 6.92 Å². The fraction of sp³-hybridized carbons (Fsp3) is 0.333. The van der Waals surface area contributed by atoms with Crippen LogP contribution in [0.5, 0.6) is 0 Å². The first kappa shape index (κ1) is 10.9. The minimum atomic E-state index is 0.850. The van der Waals surface area contributed by atoms with E-state index in [2.05, 4.69) is 23.8 Å². The topological polar surface area (TPSA) is 4.93 Å². The van der Waals surface area contributed by atoms with Gasteiger partial charge in [0.1, 0.15) is 7.85 Å². The van der Waals surface area contributed by atoms with E-state index in [4.69, 9.17) is 7.85 Å². The Morgan fingerprint density at radius 1 is 1.21 bits per heavy atom. The SMILES string of the molecule is CC.[B]c1cccc2c(C)cn(C)c12. The molecule has 72 valence electrons. The third-order valence-electron chi connectivity index (χ3n) is 2.23. The van der Waals surface area contributed by atoms with Crippen LogP contribution in [-0.2, 0) is 7.05 Å². The molecule has 0 aliphatic heterocycles. The summed E-state index contributed by atoms with van der Waals surface area (Å²) < 4.78 is 2.07. The monoisotopic (exact) mass is 185 g/mol. The lowest BCUT2D eigenvalue weighted by Gasteiger charge is -1.99. The van der Waals surface area contributed by atoms with E-state index in [9.17, 15) is 0 Å². The first-order chi connectivity index (χ1) is 6.70. The Kier molecular flexibility index (Phi) is 3.40. The molecular formula is C12H16BN. The molecule has 2 rings (SSSR count). The van der Waals surface area contributed by atoms with Gasteiger partial charge in [0.2, 0.25) is 0 Å². The maximum absolute atomic E-state index is 5.85. The lowest BCUT2D eigenvalue weighted by Crippen LogP contribution is -2.05. The highest BCUT2D eigenvalue weighted by molar-refractivity contribution is 6.38. The van der Waals surface area contributed by atoms with Crippen LogP contribution in [0.1, 0.15) is 19.4 Å². The first-order valence-electron chi connectivity index (χ1n) is 5.00. The molecule has 0 atom stereocenters. The van der Waals surface area contributed by atoms with Crippen molar-refractivity contribution in [2.24, 2.45) is 7.05 Å². The van der Waals surface area contributed by atoms with Crippen LogP contribution in [-0.4, -0.2) is 12.4 Å². The number of hydrogen-bond donors (Lipinski definition) is 0.